The molecule has 0 saturated heterocycles. The molecule has 1 aromatic heterocycles. The van der Waals surface area contributed by atoms with Crippen LogP contribution in [0.25, 0.3) is 0 Å². The Bertz CT molecular complexity index is 377. The van der Waals surface area contributed by atoms with Crippen LogP contribution in [0, 0.1) is 6.92 Å². The van der Waals surface area contributed by atoms with Crippen molar-refractivity contribution in [1.82, 2.24) is 20.8 Å². The Balaban J connectivity index is 2.54. The largest absolute Gasteiger partial charge is 0.383 e. The molecule has 2 N–H and O–H groups in total. The number of nitrogens with zero attached hydrogens (tertiary/aromatic N) is 3. The first-order chi connectivity index (χ1) is 8.65. The fourth-order valence-corrected chi connectivity index (χ4v) is 1.40. The summed E-state index contributed by atoms with van der Waals surface area (Å²) in [5.41, 5.74) is 0. The van der Waals surface area contributed by atoms with Crippen LogP contribution in [0.4, 0.5) is 0 Å². The molecule has 0 aliphatic heterocycles. The lowest BCUT2D eigenvalue weighted by Gasteiger charge is -2.16. The number of aryl methyl sites for hydroxylation is 1. The lowest BCUT2D eigenvalue weighted by molar-refractivity contribution is 0.179. The summed E-state index contributed by atoms with van der Waals surface area (Å²) in [5, 5.41) is 10.1. The highest BCUT2D eigenvalue weighted by atomic mass is 16.5. The Morgan fingerprint density at radius 1 is 1.56 bits per heavy atom. The summed E-state index contributed by atoms with van der Waals surface area (Å²) in [6, 6.07) is 0.178. The molecule has 0 aliphatic carbocycles. The van der Waals surface area contributed by atoms with Gasteiger partial charge < -0.3 is 19.9 Å². The number of ether oxygens (including phenoxy) is 1. The standard InChI is InChI=1S/C11H21N5O2/c1-5-12-11(14-8(2)7-17-4)13-6-10-15-9(3)16-18-10/h8H,5-7H2,1-4H3,(H2,12,13,14). The molecular formula is C11H21N5O2. The predicted molar refractivity (Wildman–Crippen MR) is 68.3 cm³/mol. The number of hydrogen-bond donors (Lipinski definition) is 2. The number of aromatic nitrogens is 2. The molecule has 1 rings (SSSR count). The van der Waals surface area contributed by atoms with Gasteiger partial charge in [0.25, 0.3) is 0 Å². The lowest BCUT2D eigenvalue weighted by atomic mass is 10.4. The summed E-state index contributed by atoms with van der Waals surface area (Å²) in [4.78, 5) is 8.46. The molecule has 18 heavy (non-hydrogen) atoms. The molecule has 1 heterocycles. The van der Waals surface area contributed by atoms with Gasteiger partial charge in [0.2, 0.25) is 5.89 Å². The molecule has 0 aromatic carbocycles. The van der Waals surface area contributed by atoms with Crippen molar-refractivity contribution in [3.63, 3.8) is 0 Å². The van der Waals surface area contributed by atoms with E-state index in [1.807, 2.05) is 13.8 Å². The van der Waals surface area contributed by atoms with E-state index in [0.29, 0.717) is 30.8 Å². The monoisotopic (exact) mass is 255 g/mol. The first kappa shape index (κ1) is 14.4. The first-order valence-corrected chi connectivity index (χ1v) is 5.98. The van der Waals surface area contributed by atoms with Crippen LogP contribution in [0.1, 0.15) is 25.6 Å². The third-order valence-corrected chi connectivity index (χ3v) is 2.09. The third-order valence-electron chi connectivity index (χ3n) is 2.09. The molecular weight excluding hydrogens is 234 g/mol. The van der Waals surface area contributed by atoms with E-state index in [1.165, 1.54) is 0 Å². The fourth-order valence-electron chi connectivity index (χ4n) is 1.40. The second kappa shape index (κ2) is 7.65. The molecule has 0 amide bonds. The third kappa shape index (κ3) is 5.13. The number of aliphatic imine (C=N–C) groups is 1. The molecule has 0 radical (unpaired) electrons. The summed E-state index contributed by atoms with van der Waals surface area (Å²) in [5.74, 6) is 1.83. The van der Waals surface area contributed by atoms with Gasteiger partial charge >= 0.3 is 0 Å². The Kier molecular flexibility index (Phi) is 6.13. The number of rotatable bonds is 6. The Morgan fingerprint density at radius 2 is 2.33 bits per heavy atom. The zero-order valence-corrected chi connectivity index (χ0v) is 11.4. The van der Waals surface area contributed by atoms with E-state index < -0.39 is 0 Å². The van der Waals surface area contributed by atoms with E-state index in [1.54, 1.807) is 14.0 Å². The lowest BCUT2D eigenvalue weighted by Crippen LogP contribution is -2.43. The molecule has 102 valence electrons. The van der Waals surface area contributed by atoms with Gasteiger partial charge in [-0.2, -0.15) is 4.98 Å². The van der Waals surface area contributed by atoms with Gasteiger partial charge in [0.05, 0.1) is 6.61 Å². The van der Waals surface area contributed by atoms with Gasteiger partial charge in [-0.15, -0.1) is 0 Å². The van der Waals surface area contributed by atoms with Crippen LogP contribution in [0.5, 0.6) is 0 Å². The topological polar surface area (TPSA) is 84.6 Å². The van der Waals surface area contributed by atoms with Gasteiger partial charge in [0, 0.05) is 19.7 Å². The van der Waals surface area contributed by atoms with Gasteiger partial charge in [0.1, 0.15) is 6.54 Å². The zero-order chi connectivity index (χ0) is 13.4. The van der Waals surface area contributed by atoms with E-state index in [-0.39, 0.29) is 6.04 Å². The predicted octanol–water partition coefficient (Wildman–Crippen LogP) is 0.468. The molecule has 7 heteroatoms. The van der Waals surface area contributed by atoms with Crippen LogP contribution in [0.2, 0.25) is 0 Å². The highest BCUT2D eigenvalue weighted by molar-refractivity contribution is 5.79. The van der Waals surface area contributed by atoms with Crippen LogP contribution < -0.4 is 10.6 Å². The highest BCUT2D eigenvalue weighted by Gasteiger charge is 2.06. The molecule has 0 aliphatic rings. The van der Waals surface area contributed by atoms with Crippen LogP contribution in [-0.2, 0) is 11.3 Å². The van der Waals surface area contributed by atoms with Crippen LogP contribution in [-0.4, -0.2) is 42.4 Å². The summed E-state index contributed by atoms with van der Waals surface area (Å²) in [7, 11) is 1.67. The molecule has 0 fully saturated rings. The second-order valence-electron chi connectivity index (χ2n) is 3.93. The molecule has 0 bridgehead atoms. The summed E-state index contributed by atoms with van der Waals surface area (Å²) in [6.07, 6.45) is 0. The zero-order valence-electron chi connectivity index (χ0n) is 11.4. The number of guanidine groups is 1. The Morgan fingerprint density at radius 3 is 2.89 bits per heavy atom. The van der Waals surface area contributed by atoms with Gasteiger partial charge in [-0.25, -0.2) is 4.99 Å². The average molecular weight is 255 g/mol. The first-order valence-electron chi connectivity index (χ1n) is 5.98. The molecule has 1 aromatic rings. The van der Waals surface area contributed by atoms with Crippen molar-refractivity contribution in [3.05, 3.63) is 11.7 Å². The van der Waals surface area contributed by atoms with Crippen molar-refractivity contribution in [2.24, 2.45) is 4.99 Å². The van der Waals surface area contributed by atoms with Crippen molar-refractivity contribution < 1.29 is 9.26 Å². The van der Waals surface area contributed by atoms with E-state index in [4.69, 9.17) is 9.26 Å². The number of hydrogen-bond acceptors (Lipinski definition) is 5. The van der Waals surface area contributed by atoms with Crippen molar-refractivity contribution in [1.29, 1.82) is 0 Å². The minimum absolute atomic E-state index is 0.178. The normalized spacial score (nSPS) is 13.4. The van der Waals surface area contributed by atoms with Gasteiger partial charge in [-0.05, 0) is 20.8 Å². The SMILES string of the molecule is CCNC(=NCc1nc(C)no1)NC(C)COC. The van der Waals surface area contributed by atoms with Crippen molar-refractivity contribution in [2.75, 3.05) is 20.3 Å². The maximum Gasteiger partial charge on any atom is 0.248 e. The van der Waals surface area contributed by atoms with Crippen molar-refractivity contribution in [3.8, 4) is 0 Å². The van der Waals surface area contributed by atoms with Crippen LogP contribution in [0.15, 0.2) is 9.52 Å². The smallest absolute Gasteiger partial charge is 0.248 e. The summed E-state index contributed by atoms with van der Waals surface area (Å²) < 4.78 is 10.1. The fraction of sp³-hybridized carbons (Fsp3) is 0.727. The van der Waals surface area contributed by atoms with Crippen molar-refractivity contribution in [2.45, 2.75) is 33.4 Å². The molecule has 7 nitrogen and oxygen atoms in total. The highest BCUT2D eigenvalue weighted by Crippen LogP contribution is 1.97. The molecule has 1 atom stereocenters. The number of methoxy groups -OCH3 is 1. The minimum Gasteiger partial charge on any atom is -0.383 e. The van der Waals surface area contributed by atoms with Gasteiger partial charge in [0.15, 0.2) is 11.8 Å². The minimum atomic E-state index is 0.178. The number of nitrogens with one attached hydrogen (secondary N) is 2. The quantitative estimate of drug-likeness (QED) is 0.568. The Hall–Kier alpha value is -1.63. The van der Waals surface area contributed by atoms with E-state index in [9.17, 15) is 0 Å². The second-order valence-corrected chi connectivity index (χ2v) is 3.93. The van der Waals surface area contributed by atoms with Gasteiger partial charge in [-0.1, -0.05) is 5.16 Å². The molecule has 0 saturated carbocycles. The molecule has 1 unspecified atom stereocenters. The van der Waals surface area contributed by atoms with E-state index in [2.05, 4.69) is 25.8 Å². The summed E-state index contributed by atoms with van der Waals surface area (Å²) in [6.45, 7) is 7.57. The van der Waals surface area contributed by atoms with Crippen LogP contribution >= 0.6 is 0 Å². The summed E-state index contributed by atoms with van der Waals surface area (Å²) >= 11 is 0. The van der Waals surface area contributed by atoms with Crippen molar-refractivity contribution >= 4 is 5.96 Å². The average Bonchev–Trinajstić information content (AvgIpc) is 2.73. The maximum absolute atomic E-state index is 5.06. The van der Waals surface area contributed by atoms with E-state index >= 15 is 0 Å². The Labute approximate surface area is 107 Å². The van der Waals surface area contributed by atoms with Crippen LogP contribution in [0.3, 0.4) is 0 Å². The van der Waals surface area contributed by atoms with Gasteiger partial charge in [-0.3, -0.25) is 0 Å². The molecule has 0 spiro atoms. The van der Waals surface area contributed by atoms with E-state index in [0.717, 1.165) is 6.54 Å². The maximum atomic E-state index is 5.06.